The first-order chi connectivity index (χ1) is 4.22. The van der Waals surface area contributed by atoms with Gasteiger partial charge in [0.2, 0.25) is 0 Å². The molecule has 52 valence electrons. The van der Waals surface area contributed by atoms with E-state index >= 15 is 0 Å². The standard InChI is InChI=1S/C8H14O/c1-4-6-7(3)8(9)5-2/h4-9H,2H2,1,3H3/b6-4-/t7-,8+/m1/s1. The van der Waals surface area contributed by atoms with Gasteiger partial charge in [0.25, 0.3) is 0 Å². The fourth-order valence-electron chi connectivity index (χ4n) is 0.632. The number of rotatable bonds is 3. The molecule has 0 rings (SSSR count). The van der Waals surface area contributed by atoms with Gasteiger partial charge in [-0.1, -0.05) is 25.2 Å². The number of hydrogen-bond donors (Lipinski definition) is 1. The summed E-state index contributed by atoms with van der Waals surface area (Å²) in [6.45, 7) is 7.37. The molecule has 0 heterocycles. The molecule has 0 aromatic heterocycles. The highest BCUT2D eigenvalue weighted by Crippen LogP contribution is 2.04. The molecule has 0 radical (unpaired) electrons. The fourth-order valence-corrected chi connectivity index (χ4v) is 0.632. The Hall–Kier alpha value is -0.560. The third kappa shape index (κ3) is 3.09. The van der Waals surface area contributed by atoms with Crippen molar-refractivity contribution < 1.29 is 5.11 Å². The average Bonchev–Trinajstić information content (AvgIpc) is 1.87. The van der Waals surface area contributed by atoms with Crippen LogP contribution in [0.5, 0.6) is 0 Å². The summed E-state index contributed by atoms with van der Waals surface area (Å²) in [6, 6.07) is 0. The highest BCUT2D eigenvalue weighted by atomic mass is 16.3. The highest BCUT2D eigenvalue weighted by Gasteiger charge is 2.04. The van der Waals surface area contributed by atoms with Gasteiger partial charge in [0.1, 0.15) is 0 Å². The smallest absolute Gasteiger partial charge is 0.0778 e. The molecule has 1 nitrogen and oxygen atoms in total. The summed E-state index contributed by atoms with van der Waals surface area (Å²) in [5.74, 6) is 0.187. The lowest BCUT2D eigenvalue weighted by Crippen LogP contribution is -2.11. The van der Waals surface area contributed by atoms with E-state index in [1.807, 2.05) is 26.0 Å². The van der Waals surface area contributed by atoms with E-state index in [2.05, 4.69) is 6.58 Å². The summed E-state index contributed by atoms with van der Waals surface area (Å²) < 4.78 is 0. The molecule has 0 aromatic rings. The number of hydrogen-bond acceptors (Lipinski definition) is 1. The first-order valence-corrected chi connectivity index (χ1v) is 3.15. The summed E-state index contributed by atoms with van der Waals surface area (Å²) in [5, 5.41) is 9.09. The van der Waals surface area contributed by atoms with Crippen LogP contribution in [0.2, 0.25) is 0 Å². The van der Waals surface area contributed by atoms with Gasteiger partial charge in [0.15, 0.2) is 0 Å². The molecule has 0 saturated carbocycles. The normalized spacial score (nSPS) is 17.7. The van der Waals surface area contributed by atoms with E-state index in [1.165, 1.54) is 0 Å². The molecule has 0 fully saturated rings. The third-order valence-electron chi connectivity index (χ3n) is 1.28. The second-order valence-electron chi connectivity index (χ2n) is 2.11. The lowest BCUT2D eigenvalue weighted by atomic mass is 10.1. The van der Waals surface area contributed by atoms with E-state index < -0.39 is 6.10 Å². The van der Waals surface area contributed by atoms with Gasteiger partial charge >= 0.3 is 0 Å². The van der Waals surface area contributed by atoms with Crippen LogP contribution in [-0.4, -0.2) is 11.2 Å². The molecule has 0 aliphatic heterocycles. The van der Waals surface area contributed by atoms with Crippen LogP contribution in [0.3, 0.4) is 0 Å². The van der Waals surface area contributed by atoms with Gasteiger partial charge in [-0.05, 0) is 6.92 Å². The zero-order valence-corrected chi connectivity index (χ0v) is 6.04. The molecule has 0 aliphatic rings. The molecule has 0 saturated heterocycles. The number of aliphatic hydroxyl groups excluding tert-OH is 1. The van der Waals surface area contributed by atoms with Crippen LogP contribution in [0, 0.1) is 5.92 Å². The van der Waals surface area contributed by atoms with Crippen molar-refractivity contribution in [3.63, 3.8) is 0 Å². The molecule has 0 spiro atoms. The van der Waals surface area contributed by atoms with Crippen LogP contribution >= 0.6 is 0 Å². The van der Waals surface area contributed by atoms with Crippen LogP contribution in [0.1, 0.15) is 13.8 Å². The van der Waals surface area contributed by atoms with Crippen LogP contribution in [0.25, 0.3) is 0 Å². The van der Waals surface area contributed by atoms with Crippen molar-refractivity contribution in [1.82, 2.24) is 0 Å². The zero-order chi connectivity index (χ0) is 7.28. The first kappa shape index (κ1) is 8.44. The van der Waals surface area contributed by atoms with E-state index in [0.29, 0.717) is 0 Å². The van der Waals surface area contributed by atoms with Crippen molar-refractivity contribution in [2.45, 2.75) is 20.0 Å². The van der Waals surface area contributed by atoms with E-state index in [1.54, 1.807) is 6.08 Å². The lowest BCUT2D eigenvalue weighted by molar-refractivity contribution is 0.185. The lowest BCUT2D eigenvalue weighted by Gasteiger charge is -2.08. The Morgan fingerprint density at radius 2 is 2.11 bits per heavy atom. The quantitative estimate of drug-likeness (QED) is 0.571. The summed E-state index contributed by atoms with van der Waals surface area (Å²) >= 11 is 0. The van der Waals surface area contributed by atoms with Crippen LogP contribution in [0.4, 0.5) is 0 Å². The molecule has 0 amide bonds. The molecule has 0 bridgehead atoms. The van der Waals surface area contributed by atoms with Gasteiger partial charge in [0, 0.05) is 5.92 Å². The maximum absolute atomic E-state index is 9.09. The SMILES string of the molecule is C=C[C@H](O)[C@H](C)/C=C\C. The van der Waals surface area contributed by atoms with Gasteiger partial charge in [-0.15, -0.1) is 6.58 Å². The molecule has 0 aliphatic carbocycles. The third-order valence-corrected chi connectivity index (χ3v) is 1.28. The van der Waals surface area contributed by atoms with Crippen molar-refractivity contribution >= 4 is 0 Å². The van der Waals surface area contributed by atoms with Crippen molar-refractivity contribution in [2.24, 2.45) is 5.92 Å². The highest BCUT2D eigenvalue weighted by molar-refractivity contribution is 4.93. The van der Waals surface area contributed by atoms with E-state index in [-0.39, 0.29) is 5.92 Å². The Bertz CT molecular complexity index is 105. The maximum Gasteiger partial charge on any atom is 0.0778 e. The molecular weight excluding hydrogens is 112 g/mol. The largest absolute Gasteiger partial charge is 0.388 e. The predicted molar refractivity (Wildman–Crippen MR) is 40.2 cm³/mol. The van der Waals surface area contributed by atoms with Crippen molar-refractivity contribution in [3.8, 4) is 0 Å². The predicted octanol–water partition coefficient (Wildman–Crippen LogP) is 1.75. The number of allylic oxidation sites excluding steroid dienone is 1. The van der Waals surface area contributed by atoms with Crippen LogP contribution in [0.15, 0.2) is 24.8 Å². The van der Waals surface area contributed by atoms with Crippen molar-refractivity contribution in [2.75, 3.05) is 0 Å². The fraction of sp³-hybridized carbons (Fsp3) is 0.500. The van der Waals surface area contributed by atoms with Gasteiger partial charge in [-0.2, -0.15) is 0 Å². The molecule has 0 unspecified atom stereocenters. The van der Waals surface area contributed by atoms with Crippen LogP contribution < -0.4 is 0 Å². The van der Waals surface area contributed by atoms with Crippen molar-refractivity contribution in [3.05, 3.63) is 24.8 Å². The molecule has 1 N–H and O–H groups in total. The molecule has 1 heteroatoms. The number of aliphatic hydroxyl groups is 1. The Balaban J connectivity index is 3.71. The maximum atomic E-state index is 9.09. The summed E-state index contributed by atoms with van der Waals surface area (Å²) in [5.41, 5.74) is 0. The topological polar surface area (TPSA) is 20.2 Å². The Morgan fingerprint density at radius 1 is 1.56 bits per heavy atom. The minimum absolute atomic E-state index is 0.187. The minimum Gasteiger partial charge on any atom is -0.388 e. The second-order valence-corrected chi connectivity index (χ2v) is 2.11. The minimum atomic E-state index is -0.402. The molecule has 9 heavy (non-hydrogen) atoms. The Kier molecular flexibility index (Phi) is 4.06. The van der Waals surface area contributed by atoms with E-state index in [0.717, 1.165) is 0 Å². The molecular formula is C8H14O. The van der Waals surface area contributed by atoms with Gasteiger partial charge in [0.05, 0.1) is 6.10 Å². The van der Waals surface area contributed by atoms with Gasteiger partial charge in [-0.3, -0.25) is 0 Å². The summed E-state index contributed by atoms with van der Waals surface area (Å²) in [4.78, 5) is 0. The van der Waals surface area contributed by atoms with Gasteiger partial charge in [-0.25, -0.2) is 0 Å². The average molecular weight is 126 g/mol. The molecule has 0 aromatic carbocycles. The first-order valence-electron chi connectivity index (χ1n) is 3.15. The summed E-state index contributed by atoms with van der Waals surface area (Å²) in [6.07, 6.45) is 5.02. The van der Waals surface area contributed by atoms with Gasteiger partial charge < -0.3 is 5.11 Å². The zero-order valence-electron chi connectivity index (χ0n) is 6.04. The Labute approximate surface area is 56.7 Å². The second kappa shape index (κ2) is 4.33. The molecule has 2 atom stereocenters. The monoisotopic (exact) mass is 126 g/mol. The van der Waals surface area contributed by atoms with E-state index in [9.17, 15) is 0 Å². The summed E-state index contributed by atoms with van der Waals surface area (Å²) in [7, 11) is 0. The van der Waals surface area contributed by atoms with E-state index in [4.69, 9.17) is 5.11 Å². The van der Waals surface area contributed by atoms with Crippen molar-refractivity contribution in [1.29, 1.82) is 0 Å². The van der Waals surface area contributed by atoms with Crippen LogP contribution in [-0.2, 0) is 0 Å². The Morgan fingerprint density at radius 3 is 2.44 bits per heavy atom.